The van der Waals surface area contributed by atoms with Crippen LogP contribution < -0.4 is 10.8 Å². The molecule has 0 aliphatic heterocycles. The van der Waals surface area contributed by atoms with E-state index in [1.165, 1.54) is 5.56 Å². The van der Waals surface area contributed by atoms with Gasteiger partial charge in [0.05, 0.1) is 0 Å². The lowest BCUT2D eigenvalue weighted by Gasteiger charge is -2.14. The molecule has 3 aromatic carbocycles. The molecule has 0 radical (unpaired) electrons. The van der Waals surface area contributed by atoms with Crippen molar-refractivity contribution in [2.45, 2.75) is 32.6 Å². The van der Waals surface area contributed by atoms with Gasteiger partial charge in [-0.15, -0.1) is 0 Å². The van der Waals surface area contributed by atoms with Gasteiger partial charge in [0.1, 0.15) is 0 Å². The van der Waals surface area contributed by atoms with Gasteiger partial charge in [0.2, 0.25) is 5.91 Å². The van der Waals surface area contributed by atoms with Crippen LogP contribution in [0.15, 0.2) is 66.7 Å². The second-order valence-corrected chi connectivity index (χ2v) is 7.56. The Bertz CT molecular complexity index is 938. The summed E-state index contributed by atoms with van der Waals surface area (Å²) in [6, 6.07) is 21.7. The van der Waals surface area contributed by atoms with E-state index in [0.717, 1.165) is 42.0 Å². The first-order valence-corrected chi connectivity index (χ1v) is 10.2. The summed E-state index contributed by atoms with van der Waals surface area (Å²) in [6.07, 6.45) is 3.28. The van der Waals surface area contributed by atoms with Crippen molar-refractivity contribution in [3.63, 3.8) is 0 Å². The van der Waals surface area contributed by atoms with Crippen molar-refractivity contribution in [1.29, 1.82) is 0 Å². The van der Waals surface area contributed by atoms with Crippen LogP contribution in [-0.2, 0) is 17.6 Å². The van der Waals surface area contributed by atoms with E-state index < -0.39 is 7.12 Å². The van der Waals surface area contributed by atoms with Gasteiger partial charge in [-0.3, -0.25) is 4.79 Å². The van der Waals surface area contributed by atoms with Crippen molar-refractivity contribution in [3.8, 4) is 0 Å². The molecule has 0 spiro atoms. The van der Waals surface area contributed by atoms with E-state index in [1.807, 2.05) is 55.5 Å². The summed E-state index contributed by atoms with van der Waals surface area (Å²) < 4.78 is 0. The van der Waals surface area contributed by atoms with E-state index >= 15 is 0 Å². The SMILES string of the molecule is C[C@@H](CCCc1cccc2cccc(B(O)O)c12)C(=O)NCCc1ccccc1. The molecule has 0 fully saturated rings. The minimum absolute atomic E-state index is 0.0522. The third-order valence-electron chi connectivity index (χ3n) is 5.39. The van der Waals surface area contributed by atoms with Crippen LogP contribution in [0.5, 0.6) is 0 Å². The largest absolute Gasteiger partial charge is 0.489 e. The number of nitrogens with one attached hydrogen (secondary N) is 1. The van der Waals surface area contributed by atoms with Crippen LogP contribution in [0.2, 0.25) is 0 Å². The van der Waals surface area contributed by atoms with Crippen LogP contribution in [0.3, 0.4) is 0 Å². The van der Waals surface area contributed by atoms with Gasteiger partial charge in [-0.05, 0) is 53.0 Å². The predicted molar refractivity (Wildman–Crippen MR) is 119 cm³/mol. The standard InChI is InChI=1S/C24H28BNO3/c1-18(24(27)26-17-16-19-9-3-2-4-10-19)8-5-11-20-12-6-13-21-14-7-15-22(23(20)21)25(28)29/h2-4,6-7,9-10,12-15,18,28-29H,5,8,11,16-17H2,1H3,(H,26,27)/t18-/m0/s1. The average molecular weight is 389 g/mol. The highest BCUT2D eigenvalue weighted by molar-refractivity contribution is 6.62. The lowest BCUT2D eigenvalue weighted by molar-refractivity contribution is -0.124. The molecule has 0 saturated heterocycles. The van der Waals surface area contributed by atoms with Crippen LogP contribution in [-0.4, -0.2) is 29.6 Å². The molecule has 0 aliphatic rings. The first-order chi connectivity index (χ1) is 14.1. The molecular formula is C24H28BNO3. The van der Waals surface area contributed by atoms with Crippen LogP contribution in [0, 0.1) is 5.92 Å². The Hall–Kier alpha value is -2.63. The van der Waals surface area contributed by atoms with Crippen molar-refractivity contribution in [1.82, 2.24) is 5.32 Å². The fraction of sp³-hybridized carbons (Fsp3) is 0.292. The van der Waals surface area contributed by atoms with Gasteiger partial charge < -0.3 is 15.4 Å². The molecule has 3 rings (SSSR count). The Labute approximate surface area is 172 Å². The molecule has 1 atom stereocenters. The number of hydrogen-bond acceptors (Lipinski definition) is 3. The molecule has 3 N–H and O–H groups in total. The zero-order chi connectivity index (χ0) is 20.6. The molecule has 3 aromatic rings. The highest BCUT2D eigenvalue weighted by Crippen LogP contribution is 2.20. The molecule has 0 aliphatic carbocycles. The summed E-state index contributed by atoms with van der Waals surface area (Å²) >= 11 is 0. The number of aryl methyl sites for hydroxylation is 1. The van der Waals surface area contributed by atoms with Crippen molar-refractivity contribution >= 4 is 29.3 Å². The minimum atomic E-state index is -1.49. The molecule has 0 unspecified atom stereocenters. The molecule has 29 heavy (non-hydrogen) atoms. The summed E-state index contributed by atoms with van der Waals surface area (Å²) in [5, 5.41) is 24.3. The molecule has 0 aromatic heterocycles. The maximum Gasteiger partial charge on any atom is 0.489 e. The topological polar surface area (TPSA) is 69.6 Å². The fourth-order valence-corrected chi connectivity index (χ4v) is 3.75. The Morgan fingerprint density at radius 2 is 1.69 bits per heavy atom. The molecule has 0 saturated carbocycles. The first-order valence-electron chi connectivity index (χ1n) is 10.2. The van der Waals surface area contributed by atoms with Crippen molar-refractivity contribution in [2.24, 2.45) is 5.92 Å². The third kappa shape index (κ3) is 5.69. The second-order valence-electron chi connectivity index (χ2n) is 7.56. The maximum atomic E-state index is 12.4. The molecule has 5 heteroatoms. The van der Waals surface area contributed by atoms with Gasteiger partial charge in [0, 0.05) is 12.5 Å². The summed E-state index contributed by atoms with van der Waals surface area (Å²) in [6.45, 7) is 2.61. The highest BCUT2D eigenvalue weighted by atomic mass is 16.4. The van der Waals surface area contributed by atoms with E-state index in [1.54, 1.807) is 6.07 Å². The number of carbonyl (C=O) groups excluding carboxylic acids is 1. The minimum Gasteiger partial charge on any atom is -0.423 e. The number of carbonyl (C=O) groups is 1. The van der Waals surface area contributed by atoms with E-state index in [-0.39, 0.29) is 11.8 Å². The van der Waals surface area contributed by atoms with Crippen molar-refractivity contribution in [2.75, 3.05) is 6.54 Å². The summed E-state index contributed by atoms with van der Waals surface area (Å²) in [4.78, 5) is 12.4. The monoisotopic (exact) mass is 389 g/mol. The van der Waals surface area contributed by atoms with Gasteiger partial charge in [-0.25, -0.2) is 0 Å². The summed E-state index contributed by atoms with van der Waals surface area (Å²) in [5.74, 6) is 0.0361. The third-order valence-corrected chi connectivity index (χ3v) is 5.39. The van der Waals surface area contributed by atoms with E-state index in [4.69, 9.17) is 0 Å². The molecule has 1 amide bonds. The van der Waals surface area contributed by atoms with Gasteiger partial charge in [0.15, 0.2) is 0 Å². The van der Waals surface area contributed by atoms with Crippen molar-refractivity contribution < 1.29 is 14.8 Å². The highest BCUT2D eigenvalue weighted by Gasteiger charge is 2.17. The molecule has 0 heterocycles. The number of hydrogen-bond donors (Lipinski definition) is 3. The summed E-state index contributed by atoms with van der Waals surface area (Å²) in [5.41, 5.74) is 2.84. The number of fused-ring (bicyclic) bond motifs is 1. The maximum absolute atomic E-state index is 12.4. The normalized spacial score (nSPS) is 12.0. The van der Waals surface area contributed by atoms with Crippen LogP contribution in [0.25, 0.3) is 10.8 Å². The van der Waals surface area contributed by atoms with Crippen LogP contribution >= 0.6 is 0 Å². The van der Waals surface area contributed by atoms with Gasteiger partial charge in [-0.2, -0.15) is 0 Å². The fourth-order valence-electron chi connectivity index (χ4n) is 3.75. The number of rotatable bonds is 9. The van der Waals surface area contributed by atoms with Gasteiger partial charge in [-0.1, -0.05) is 73.7 Å². The molecule has 0 bridgehead atoms. The quantitative estimate of drug-likeness (QED) is 0.493. The molecule has 4 nitrogen and oxygen atoms in total. The summed E-state index contributed by atoms with van der Waals surface area (Å²) in [7, 11) is -1.49. The van der Waals surface area contributed by atoms with Crippen LogP contribution in [0.1, 0.15) is 30.9 Å². The lowest BCUT2D eigenvalue weighted by atomic mass is 9.75. The Kier molecular flexibility index (Phi) is 7.45. The predicted octanol–water partition coefficient (Wildman–Crippen LogP) is 2.84. The van der Waals surface area contributed by atoms with E-state index in [0.29, 0.717) is 12.0 Å². The molecular weight excluding hydrogens is 361 g/mol. The van der Waals surface area contributed by atoms with E-state index in [9.17, 15) is 14.8 Å². The first kappa shape index (κ1) is 21.1. The van der Waals surface area contributed by atoms with Crippen LogP contribution in [0.4, 0.5) is 0 Å². The smallest absolute Gasteiger partial charge is 0.423 e. The molecule has 150 valence electrons. The Morgan fingerprint density at radius 1 is 0.966 bits per heavy atom. The van der Waals surface area contributed by atoms with E-state index in [2.05, 4.69) is 17.4 Å². The lowest BCUT2D eigenvalue weighted by Crippen LogP contribution is -2.31. The van der Waals surface area contributed by atoms with Gasteiger partial charge in [0.25, 0.3) is 0 Å². The second kappa shape index (κ2) is 10.2. The average Bonchev–Trinajstić information content (AvgIpc) is 2.74. The Balaban J connectivity index is 1.52. The van der Waals surface area contributed by atoms with Crippen molar-refractivity contribution in [3.05, 3.63) is 77.9 Å². The number of amides is 1. The zero-order valence-electron chi connectivity index (χ0n) is 16.8. The zero-order valence-corrected chi connectivity index (χ0v) is 16.8. The number of benzene rings is 3. The van der Waals surface area contributed by atoms with Gasteiger partial charge >= 0.3 is 7.12 Å². The Morgan fingerprint density at radius 3 is 2.41 bits per heavy atom.